The monoisotopic (exact) mass is 322 g/mol. The lowest BCUT2D eigenvalue weighted by atomic mass is 10.1. The predicted molar refractivity (Wildman–Crippen MR) is 95.7 cm³/mol. The van der Waals surface area contributed by atoms with Crippen LogP contribution in [0.15, 0.2) is 71.3 Å². The molecule has 0 aliphatic heterocycles. The molecule has 0 bridgehead atoms. The normalized spacial score (nSPS) is 11.7. The second-order valence-corrected chi connectivity index (χ2v) is 5.44. The number of aromatic nitrogens is 1. The summed E-state index contributed by atoms with van der Waals surface area (Å²) in [6.45, 7) is 8.07. The van der Waals surface area contributed by atoms with E-state index in [2.05, 4.69) is 16.9 Å². The van der Waals surface area contributed by atoms with Crippen LogP contribution in [0.2, 0.25) is 0 Å². The molecule has 0 aliphatic carbocycles. The third-order valence-electron chi connectivity index (χ3n) is 3.52. The number of nitrogens with zero attached hydrogens (tertiary/aromatic N) is 1. The van der Waals surface area contributed by atoms with Gasteiger partial charge in [0.25, 0.3) is 5.89 Å². The molecule has 24 heavy (non-hydrogen) atoms. The number of oxazole rings is 1. The summed E-state index contributed by atoms with van der Waals surface area (Å²) in [4.78, 5) is 16.2. The molecule has 1 N–H and O–H groups in total. The van der Waals surface area contributed by atoms with Crippen LogP contribution in [0.3, 0.4) is 0 Å². The van der Waals surface area contributed by atoms with Crippen LogP contribution in [0.5, 0.6) is 0 Å². The second kappa shape index (κ2) is 8.67. The molecule has 0 saturated heterocycles. The molecule has 1 aromatic heterocycles. The van der Waals surface area contributed by atoms with Crippen LogP contribution < -0.4 is 5.32 Å². The Morgan fingerprint density at radius 2 is 2.08 bits per heavy atom. The van der Waals surface area contributed by atoms with E-state index in [0.717, 1.165) is 11.1 Å². The van der Waals surface area contributed by atoms with E-state index >= 15 is 0 Å². The SMILES string of the molecule is C=C/C=C\C(=C/C)Cc1cnc(C(=O)NCc2ccc(C)cc2)o1. The van der Waals surface area contributed by atoms with Crippen molar-refractivity contribution in [1.29, 1.82) is 0 Å². The van der Waals surface area contributed by atoms with Gasteiger partial charge in [0, 0.05) is 13.0 Å². The van der Waals surface area contributed by atoms with E-state index in [1.807, 2.05) is 56.3 Å². The zero-order valence-corrected chi connectivity index (χ0v) is 14.1. The van der Waals surface area contributed by atoms with E-state index in [1.165, 1.54) is 5.56 Å². The summed E-state index contributed by atoms with van der Waals surface area (Å²) in [6.07, 6.45) is 9.69. The van der Waals surface area contributed by atoms with Crippen molar-refractivity contribution >= 4 is 5.91 Å². The summed E-state index contributed by atoms with van der Waals surface area (Å²) in [7, 11) is 0. The molecular formula is C20H22N2O2. The zero-order chi connectivity index (χ0) is 17.4. The number of hydrogen-bond donors (Lipinski definition) is 1. The Morgan fingerprint density at radius 1 is 1.33 bits per heavy atom. The topological polar surface area (TPSA) is 55.1 Å². The minimum Gasteiger partial charge on any atom is -0.437 e. The van der Waals surface area contributed by atoms with E-state index < -0.39 is 0 Å². The summed E-state index contributed by atoms with van der Waals surface area (Å²) < 4.78 is 5.54. The van der Waals surface area contributed by atoms with E-state index in [1.54, 1.807) is 12.3 Å². The van der Waals surface area contributed by atoms with Gasteiger partial charge >= 0.3 is 5.91 Å². The fraction of sp³-hybridized carbons (Fsp3) is 0.200. The lowest BCUT2D eigenvalue weighted by molar-refractivity contribution is 0.0914. The third-order valence-corrected chi connectivity index (χ3v) is 3.52. The van der Waals surface area contributed by atoms with Gasteiger partial charge in [-0.05, 0) is 25.0 Å². The molecule has 2 aromatic rings. The summed E-state index contributed by atoms with van der Waals surface area (Å²) in [5.74, 6) is 0.419. The first-order chi connectivity index (χ1) is 11.6. The number of carbonyl (C=O) groups excluding carboxylic acids is 1. The summed E-state index contributed by atoms with van der Waals surface area (Å²) in [6, 6.07) is 8.00. The quantitative estimate of drug-likeness (QED) is 0.779. The van der Waals surface area contributed by atoms with Crippen molar-refractivity contribution in [2.75, 3.05) is 0 Å². The van der Waals surface area contributed by atoms with Crippen molar-refractivity contribution in [3.05, 3.63) is 89.7 Å². The van der Waals surface area contributed by atoms with Crippen molar-refractivity contribution in [3.8, 4) is 0 Å². The molecule has 0 spiro atoms. The smallest absolute Gasteiger partial charge is 0.307 e. The third kappa shape index (κ3) is 5.09. The zero-order valence-electron chi connectivity index (χ0n) is 14.1. The van der Waals surface area contributed by atoms with Crippen molar-refractivity contribution in [3.63, 3.8) is 0 Å². The number of allylic oxidation sites excluding steroid dienone is 5. The van der Waals surface area contributed by atoms with Gasteiger partial charge in [-0.25, -0.2) is 4.98 Å². The molecule has 0 unspecified atom stereocenters. The fourth-order valence-corrected chi connectivity index (χ4v) is 2.11. The number of nitrogens with one attached hydrogen (secondary N) is 1. The Morgan fingerprint density at radius 3 is 2.75 bits per heavy atom. The highest BCUT2D eigenvalue weighted by atomic mass is 16.4. The van der Waals surface area contributed by atoms with Gasteiger partial charge in [-0.3, -0.25) is 4.79 Å². The highest BCUT2D eigenvalue weighted by molar-refractivity contribution is 5.89. The highest BCUT2D eigenvalue weighted by Crippen LogP contribution is 2.12. The van der Waals surface area contributed by atoms with Crippen LogP contribution >= 0.6 is 0 Å². The Kier molecular flexibility index (Phi) is 6.32. The summed E-state index contributed by atoms with van der Waals surface area (Å²) in [5.41, 5.74) is 3.29. The maximum atomic E-state index is 12.1. The van der Waals surface area contributed by atoms with Gasteiger partial charge in [0.2, 0.25) is 0 Å². The Bertz CT molecular complexity index is 752. The molecule has 0 atom stereocenters. The fourth-order valence-electron chi connectivity index (χ4n) is 2.11. The maximum absolute atomic E-state index is 12.1. The molecule has 2 rings (SSSR count). The van der Waals surface area contributed by atoms with Crippen LogP contribution in [0.1, 0.15) is 34.5 Å². The average molecular weight is 322 g/mol. The first-order valence-corrected chi connectivity index (χ1v) is 7.85. The number of aryl methyl sites for hydroxylation is 1. The van der Waals surface area contributed by atoms with Crippen molar-refractivity contribution in [2.24, 2.45) is 0 Å². The van der Waals surface area contributed by atoms with E-state index in [9.17, 15) is 4.79 Å². The number of benzene rings is 1. The average Bonchev–Trinajstić information content (AvgIpc) is 3.06. The van der Waals surface area contributed by atoms with E-state index in [4.69, 9.17) is 4.42 Å². The molecule has 0 radical (unpaired) electrons. The van der Waals surface area contributed by atoms with Crippen LogP contribution in [-0.4, -0.2) is 10.9 Å². The Labute approximate surface area is 142 Å². The lowest BCUT2D eigenvalue weighted by Gasteiger charge is -2.03. The van der Waals surface area contributed by atoms with Gasteiger partial charge in [0.1, 0.15) is 5.76 Å². The first kappa shape index (κ1) is 17.5. The molecule has 0 saturated carbocycles. The van der Waals surface area contributed by atoms with Gasteiger partial charge in [0.05, 0.1) is 6.20 Å². The number of amides is 1. The minimum atomic E-state index is -0.314. The van der Waals surface area contributed by atoms with E-state index in [-0.39, 0.29) is 11.8 Å². The number of carbonyl (C=O) groups is 1. The number of rotatable bonds is 7. The first-order valence-electron chi connectivity index (χ1n) is 7.85. The van der Waals surface area contributed by atoms with Crippen LogP contribution in [0, 0.1) is 6.92 Å². The summed E-state index contributed by atoms with van der Waals surface area (Å²) in [5, 5.41) is 2.81. The molecule has 1 amide bonds. The van der Waals surface area contributed by atoms with Crippen LogP contribution in [0.25, 0.3) is 0 Å². The summed E-state index contributed by atoms with van der Waals surface area (Å²) >= 11 is 0. The Balaban J connectivity index is 1.94. The molecule has 0 fully saturated rings. The van der Waals surface area contributed by atoms with Gasteiger partial charge in [-0.15, -0.1) is 0 Å². The van der Waals surface area contributed by atoms with E-state index in [0.29, 0.717) is 18.7 Å². The van der Waals surface area contributed by atoms with Crippen molar-refractivity contribution < 1.29 is 9.21 Å². The molecular weight excluding hydrogens is 300 g/mol. The van der Waals surface area contributed by atoms with Crippen molar-refractivity contribution in [1.82, 2.24) is 10.3 Å². The Hall–Kier alpha value is -2.88. The highest BCUT2D eigenvalue weighted by Gasteiger charge is 2.13. The van der Waals surface area contributed by atoms with Gasteiger partial charge in [-0.2, -0.15) is 0 Å². The lowest BCUT2D eigenvalue weighted by Crippen LogP contribution is -2.23. The van der Waals surface area contributed by atoms with Crippen molar-refractivity contribution in [2.45, 2.75) is 26.8 Å². The molecule has 4 nitrogen and oxygen atoms in total. The van der Waals surface area contributed by atoms with Gasteiger partial charge < -0.3 is 9.73 Å². The molecule has 124 valence electrons. The van der Waals surface area contributed by atoms with Gasteiger partial charge in [-0.1, -0.05) is 60.7 Å². The predicted octanol–water partition coefficient (Wildman–Crippen LogP) is 4.14. The standard InChI is InChI=1S/C20H22N2O2/c1-4-6-7-16(5-2)12-18-14-22-20(24-18)19(23)21-13-17-10-8-15(3)9-11-17/h4-11,14H,1,12-13H2,2-3H3,(H,21,23)/b7-6-,16-5+. The minimum absolute atomic E-state index is 0.0836. The molecule has 1 heterocycles. The van der Waals surface area contributed by atoms with Crippen LogP contribution in [0.4, 0.5) is 0 Å². The van der Waals surface area contributed by atoms with Crippen LogP contribution in [-0.2, 0) is 13.0 Å². The molecule has 4 heteroatoms. The maximum Gasteiger partial charge on any atom is 0.307 e. The van der Waals surface area contributed by atoms with Gasteiger partial charge in [0.15, 0.2) is 0 Å². The largest absolute Gasteiger partial charge is 0.437 e. The molecule has 1 aromatic carbocycles. The second-order valence-electron chi connectivity index (χ2n) is 5.44. The number of hydrogen-bond acceptors (Lipinski definition) is 3. The molecule has 0 aliphatic rings.